The van der Waals surface area contributed by atoms with E-state index >= 15 is 0 Å². The van der Waals surface area contributed by atoms with E-state index in [2.05, 4.69) is 17.3 Å². The highest BCUT2D eigenvalue weighted by molar-refractivity contribution is 4.71. The van der Waals surface area contributed by atoms with Crippen LogP contribution in [0.5, 0.6) is 0 Å². The van der Waals surface area contributed by atoms with Gasteiger partial charge in [0.25, 0.3) is 0 Å². The molecule has 0 aromatic heterocycles. The molecule has 1 aliphatic rings. The Bertz CT molecular complexity index is 130. The van der Waals surface area contributed by atoms with Crippen LogP contribution in [0.15, 0.2) is 0 Å². The van der Waals surface area contributed by atoms with Crippen LogP contribution in [-0.4, -0.2) is 38.2 Å². The molecular formula is C10H22N2O. The van der Waals surface area contributed by atoms with Crippen molar-refractivity contribution in [2.45, 2.75) is 26.2 Å². The van der Waals surface area contributed by atoms with E-state index in [1.165, 1.54) is 38.9 Å². The summed E-state index contributed by atoms with van der Waals surface area (Å²) in [7, 11) is 1.82. The summed E-state index contributed by atoms with van der Waals surface area (Å²) in [4.78, 5) is 7.67. The largest absolute Gasteiger partial charge is 0.303 e. The molecular weight excluding hydrogens is 164 g/mol. The Balaban J connectivity index is 2.11. The Hall–Kier alpha value is -0.120. The van der Waals surface area contributed by atoms with E-state index in [-0.39, 0.29) is 0 Å². The first-order valence-electron chi connectivity index (χ1n) is 5.37. The van der Waals surface area contributed by atoms with Crippen molar-refractivity contribution in [3.8, 4) is 0 Å². The van der Waals surface area contributed by atoms with Gasteiger partial charge in [0.1, 0.15) is 0 Å². The van der Waals surface area contributed by atoms with Gasteiger partial charge < -0.3 is 9.74 Å². The van der Waals surface area contributed by atoms with Gasteiger partial charge in [-0.1, -0.05) is 6.92 Å². The molecule has 0 saturated carbocycles. The van der Waals surface area contributed by atoms with Crippen LogP contribution in [0.3, 0.4) is 0 Å². The second-order valence-corrected chi connectivity index (χ2v) is 3.74. The molecule has 0 aromatic carbocycles. The van der Waals surface area contributed by atoms with Crippen LogP contribution < -0.4 is 5.48 Å². The number of nitrogens with one attached hydrogen (secondary N) is 1. The number of likely N-dealkylation sites (tertiary alicyclic amines) is 1. The van der Waals surface area contributed by atoms with Crippen molar-refractivity contribution >= 4 is 0 Å². The second kappa shape index (κ2) is 6.35. The molecule has 1 unspecified atom stereocenters. The molecule has 1 N–H and O–H groups in total. The summed E-state index contributed by atoms with van der Waals surface area (Å²) in [6.07, 6.45) is 3.93. The van der Waals surface area contributed by atoms with E-state index in [4.69, 9.17) is 4.84 Å². The molecule has 1 heterocycles. The van der Waals surface area contributed by atoms with E-state index < -0.39 is 0 Å². The molecule has 1 saturated heterocycles. The molecule has 0 amide bonds. The molecule has 1 aliphatic heterocycles. The normalized spacial score (nSPS) is 24.9. The Kier molecular flexibility index (Phi) is 5.35. The fourth-order valence-electron chi connectivity index (χ4n) is 2.00. The van der Waals surface area contributed by atoms with E-state index in [0.29, 0.717) is 0 Å². The molecule has 0 radical (unpaired) electrons. The summed E-state index contributed by atoms with van der Waals surface area (Å²) in [5.74, 6) is 0.849. The topological polar surface area (TPSA) is 24.5 Å². The van der Waals surface area contributed by atoms with Crippen molar-refractivity contribution < 1.29 is 4.84 Å². The van der Waals surface area contributed by atoms with Crippen molar-refractivity contribution in [2.75, 3.05) is 33.3 Å². The van der Waals surface area contributed by atoms with Crippen LogP contribution in [-0.2, 0) is 4.84 Å². The third kappa shape index (κ3) is 4.07. The van der Waals surface area contributed by atoms with Crippen LogP contribution in [0.1, 0.15) is 26.2 Å². The molecule has 0 bridgehead atoms. The molecule has 1 atom stereocenters. The molecule has 78 valence electrons. The van der Waals surface area contributed by atoms with Gasteiger partial charge in [-0.05, 0) is 38.3 Å². The lowest BCUT2D eigenvalue weighted by Gasteiger charge is -2.31. The maximum atomic E-state index is 5.14. The average molecular weight is 186 g/mol. The lowest BCUT2D eigenvalue weighted by molar-refractivity contribution is 0.0397. The number of hydroxylamine groups is 1. The van der Waals surface area contributed by atoms with Crippen molar-refractivity contribution in [3.63, 3.8) is 0 Å². The van der Waals surface area contributed by atoms with Crippen LogP contribution in [0.2, 0.25) is 0 Å². The van der Waals surface area contributed by atoms with Crippen molar-refractivity contribution in [3.05, 3.63) is 0 Å². The smallest absolute Gasteiger partial charge is 0.0685 e. The van der Waals surface area contributed by atoms with Gasteiger partial charge in [0.15, 0.2) is 0 Å². The highest BCUT2D eigenvalue weighted by atomic mass is 16.6. The standard InChI is InChI=1S/C10H22N2O/c1-3-12-7-4-5-10(9-12)6-8-13-11-2/h10-11H,3-9H2,1-2H3. The van der Waals surface area contributed by atoms with E-state index in [9.17, 15) is 0 Å². The lowest BCUT2D eigenvalue weighted by Crippen LogP contribution is -2.35. The van der Waals surface area contributed by atoms with E-state index in [1.54, 1.807) is 0 Å². The third-order valence-electron chi connectivity index (χ3n) is 2.82. The van der Waals surface area contributed by atoms with Crippen LogP contribution in [0, 0.1) is 5.92 Å². The average Bonchev–Trinajstić information content (AvgIpc) is 2.19. The Labute approximate surface area is 81.4 Å². The first-order valence-corrected chi connectivity index (χ1v) is 5.37. The van der Waals surface area contributed by atoms with Crippen LogP contribution >= 0.6 is 0 Å². The molecule has 13 heavy (non-hydrogen) atoms. The number of hydrogen-bond donors (Lipinski definition) is 1. The Morgan fingerprint density at radius 3 is 3.08 bits per heavy atom. The molecule has 0 aliphatic carbocycles. The SMILES string of the molecule is CCN1CCCC(CCONC)C1. The van der Waals surface area contributed by atoms with Crippen molar-refractivity contribution in [1.82, 2.24) is 10.4 Å². The highest BCUT2D eigenvalue weighted by Crippen LogP contribution is 2.18. The molecule has 0 spiro atoms. The van der Waals surface area contributed by atoms with Gasteiger partial charge in [-0.2, -0.15) is 0 Å². The summed E-state index contributed by atoms with van der Waals surface area (Å²) < 4.78 is 0. The summed E-state index contributed by atoms with van der Waals surface area (Å²) in [6.45, 7) is 6.85. The number of nitrogens with zero attached hydrogens (tertiary/aromatic N) is 1. The highest BCUT2D eigenvalue weighted by Gasteiger charge is 2.17. The number of rotatable bonds is 5. The number of piperidine rings is 1. The van der Waals surface area contributed by atoms with Gasteiger partial charge in [-0.15, -0.1) is 0 Å². The minimum Gasteiger partial charge on any atom is -0.303 e. The second-order valence-electron chi connectivity index (χ2n) is 3.74. The molecule has 0 aromatic rings. The quantitative estimate of drug-likeness (QED) is 0.517. The predicted molar refractivity (Wildman–Crippen MR) is 54.5 cm³/mol. The monoisotopic (exact) mass is 186 g/mol. The fourth-order valence-corrected chi connectivity index (χ4v) is 2.00. The predicted octanol–water partition coefficient (Wildman–Crippen LogP) is 1.26. The van der Waals surface area contributed by atoms with Gasteiger partial charge in [0, 0.05) is 13.6 Å². The van der Waals surface area contributed by atoms with E-state index in [1.807, 2.05) is 7.05 Å². The maximum Gasteiger partial charge on any atom is 0.0685 e. The lowest BCUT2D eigenvalue weighted by atomic mass is 9.95. The minimum atomic E-state index is 0.846. The van der Waals surface area contributed by atoms with Crippen LogP contribution in [0.4, 0.5) is 0 Å². The first-order chi connectivity index (χ1) is 6.36. The summed E-state index contributed by atoms with van der Waals surface area (Å²) >= 11 is 0. The van der Waals surface area contributed by atoms with Gasteiger partial charge in [0.2, 0.25) is 0 Å². The van der Waals surface area contributed by atoms with Gasteiger partial charge in [-0.25, -0.2) is 5.48 Å². The summed E-state index contributed by atoms with van der Waals surface area (Å²) in [5.41, 5.74) is 2.72. The summed E-state index contributed by atoms with van der Waals surface area (Å²) in [6, 6.07) is 0. The molecule has 1 rings (SSSR count). The molecule has 1 fully saturated rings. The first kappa shape index (κ1) is 11.0. The third-order valence-corrected chi connectivity index (χ3v) is 2.82. The molecule has 3 nitrogen and oxygen atoms in total. The maximum absolute atomic E-state index is 5.14. The zero-order valence-electron chi connectivity index (χ0n) is 8.88. The van der Waals surface area contributed by atoms with Crippen molar-refractivity contribution in [1.29, 1.82) is 0 Å². The molecule has 3 heteroatoms. The van der Waals surface area contributed by atoms with Crippen molar-refractivity contribution in [2.24, 2.45) is 5.92 Å². The van der Waals surface area contributed by atoms with E-state index in [0.717, 1.165) is 12.5 Å². The zero-order valence-corrected chi connectivity index (χ0v) is 8.88. The van der Waals surface area contributed by atoms with Crippen LogP contribution in [0.25, 0.3) is 0 Å². The van der Waals surface area contributed by atoms with Gasteiger partial charge in [0.05, 0.1) is 6.61 Å². The summed E-state index contributed by atoms with van der Waals surface area (Å²) in [5, 5.41) is 0. The Morgan fingerprint density at radius 1 is 1.54 bits per heavy atom. The van der Waals surface area contributed by atoms with Gasteiger partial charge >= 0.3 is 0 Å². The fraction of sp³-hybridized carbons (Fsp3) is 1.00. The Morgan fingerprint density at radius 2 is 2.38 bits per heavy atom. The zero-order chi connectivity index (χ0) is 9.52. The number of hydrogen-bond acceptors (Lipinski definition) is 3. The minimum absolute atomic E-state index is 0.846. The van der Waals surface area contributed by atoms with Gasteiger partial charge in [-0.3, -0.25) is 0 Å².